The Morgan fingerprint density at radius 2 is 1.72 bits per heavy atom. The van der Waals surface area contributed by atoms with Gasteiger partial charge < -0.3 is 10.1 Å². The van der Waals surface area contributed by atoms with E-state index in [9.17, 15) is 4.79 Å². The second-order valence-corrected chi connectivity index (χ2v) is 9.58. The molecule has 0 aromatic heterocycles. The lowest BCUT2D eigenvalue weighted by Gasteiger charge is -2.59. The van der Waals surface area contributed by atoms with Crippen molar-refractivity contribution in [3.8, 4) is 5.75 Å². The molecule has 4 bridgehead atoms. The molecule has 0 aliphatic heterocycles. The van der Waals surface area contributed by atoms with Gasteiger partial charge in [0.1, 0.15) is 5.75 Å². The van der Waals surface area contributed by atoms with Gasteiger partial charge in [-0.3, -0.25) is 4.79 Å². The number of hydrogen-bond donors (Lipinski definition) is 1. The molecule has 1 unspecified atom stereocenters. The summed E-state index contributed by atoms with van der Waals surface area (Å²) in [6.45, 7) is 2.25. The van der Waals surface area contributed by atoms with E-state index in [2.05, 4.69) is 12.2 Å². The quantitative estimate of drug-likeness (QED) is 0.760. The maximum absolute atomic E-state index is 12.5. The van der Waals surface area contributed by atoms with Crippen LogP contribution in [0.4, 0.5) is 0 Å². The van der Waals surface area contributed by atoms with Crippen LogP contribution in [0.3, 0.4) is 0 Å². The zero-order chi connectivity index (χ0) is 17.4. The van der Waals surface area contributed by atoms with E-state index in [0.717, 1.165) is 28.4 Å². The van der Waals surface area contributed by atoms with Crippen LogP contribution in [0.2, 0.25) is 0 Å². The molecule has 0 heterocycles. The summed E-state index contributed by atoms with van der Waals surface area (Å²) in [4.78, 5) is 13.6. The number of methoxy groups -OCH3 is 1. The molecule has 25 heavy (non-hydrogen) atoms. The minimum atomic E-state index is 0.170. The molecule has 4 aliphatic carbocycles. The third-order valence-electron chi connectivity index (χ3n) is 6.81. The molecule has 0 radical (unpaired) electrons. The summed E-state index contributed by atoms with van der Waals surface area (Å²) in [6.07, 6.45) is 8.37. The second-order valence-electron chi connectivity index (χ2n) is 8.53. The molecule has 0 spiro atoms. The van der Waals surface area contributed by atoms with Crippen molar-refractivity contribution < 1.29 is 9.53 Å². The van der Waals surface area contributed by atoms with Crippen molar-refractivity contribution in [2.45, 2.75) is 56.4 Å². The molecule has 5 rings (SSSR count). The second kappa shape index (κ2) is 6.86. The van der Waals surface area contributed by atoms with Gasteiger partial charge in [0.05, 0.1) is 12.9 Å². The zero-order valence-corrected chi connectivity index (χ0v) is 16.1. The molecule has 1 N–H and O–H groups in total. The monoisotopic (exact) mass is 359 g/mol. The van der Waals surface area contributed by atoms with E-state index >= 15 is 0 Å². The third kappa shape index (κ3) is 3.55. The summed E-state index contributed by atoms with van der Waals surface area (Å²) in [6, 6.07) is 8.22. The van der Waals surface area contributed by atoms with E-state index in [1.54, 1.807) is 18.9 Å². The molecule has 4 heteroatoms. The SMILES string of the molecule is COc1ccc(SCC(=O)NC(C)C23CC4CC(CC(C4)C2)C3)cc1. The number of hydrogen-bond acceptors (Lipinski definition) is 3. The molecule has 4 aliphatic rings. The zero-order valence-electron chi connectivity index (χ0n) is 15.3. The lowest BCUT2D eigenvalue weighted by Crippen LogP contribution is -2.56. The van der Waals surface area contributed by atoms with Crippen LogP contribution >= 0.6 is 11.8 Å². The molecule has 136 valence electrons. The van der Waals surface area contributed by atoms with Gasteiger partial charge in [-0.25, -0.2) is 0 Å². The number of nitrogens with one attached hydrogen (secondary N) is 1. The number of carbonyl (C=O) groups is 1. The average molecular weight is 360 g/mol. The number of thioether (sulfide) groups is 1. The Morgan fingerprint density at radius 1 is 1.16 bits per heavy atom. The maximum atomic E-state index is 12.5. The highest BCUT2D eigenvalue weighted by atomic mass is 32.2. The standard InChI is InChI=1S/C21H29NO2S/c1-14(21-10-15-7-16(11-21)9-17(8-15)12-21)22-20(23)13-25-19-5-3-18(24-2)4-6-19/h3-6,14-17H,7-13H2,1-2H3,(H,22,23). The number of carbonyl (C=O) groups excluding carboxylic acids is 1. The molecule has 4 fully saturated rings. The van der Waals surface area contributed by atoms with Gasteiger partial charge in [0.15, 0.2) is 0 Å². The molecule has 4 saturated carbocycles. The highest BCUT2D eigenvalue weighted by Gasteiger charge is 2.53. The normalized spacial score (nSPS) is 33.9. The van der Waals surface area contributed by atoms with E-state index in [1.165, 1.54) is 38.5 Å². The van der Waals surface area contributed by atoms with Gasteiger partial charge in [0.2, 0.25) is 5.91 Å². The van der Waals surface area contributed by atoms with Gasteiger partial charge >= 0.3 is 0 Å². The van der Waals surface area contributed by atoms with E-state index in [1.807, 2.05) is 24.3 Å². The Morgan fingerprint density at radius 3 is 2.24 bits per heavy atom. The number of benzene rings is 1. The molecule has 3 nitrogen and oxygen atoms in total. The summed E-state index contributed by atoms with van der Waals surface area (Å²) in [5.74, 6) is 4.30. The Labute approximate surface area is 155 Å². The fourth-order valence-electron chi connectivity index (χ4n) is 5.97. The van der Waals surface area contributed by atoms with Crippen LogP contribution in [0.5, 0.6) is 5.75 Å². The highest BCUT2D eigenvalue weighted by molar-refractivity contribution is 8.00. The Kier molecular flexibility index (Phi) is 4.74. The Hall–Kier alpha value is -1.16. The summed E-state index contributed by atoms with van der Waals surface area (Å²) < 4.78 is 5.18. The molecule has 0 saturated heterocycles. The first-order valence-corrected chi connectivity index (χ1v) is 10.6. The van der Waals surface area contributed by atoms with Crippen molar-refractivity contribution in [1.82, 2.24) is 5.32 Å². The van der Waals surface area contributed by atoms with Gasteiger partial charge in [0, 0.05) is 10.9 Å². The molecule has 1 aromatic rings. The first-order valence-electron chi connectivity index (χ1n) is 9.62. The van der Waals surface area contributed by atoms with E-state index in [4.69, 9.17) is 4.74 Å². The molecule has 1 aromatic carbocycles. The first kappa shape index (κ1) is 17.3. The highest BCUT2D eigenvalue weighted by Crippen LogP contribution is 2.61. The first-order chi connectivity index (χ1) is 12.1. The van der Waals surface area contributed by atoms with Gasteiger partial charge in [-0.2, -0.15) is 0 Å². The molecule has 1 amide bonds. The van der Waals surface area contributed by atoms with Crippen molar-refractivity contribution in [1.29, 1.82) is 0 Å². The fourth-order valence-corrected chi connectivity index (χ4v) is 6.67. The van der Waals surface area contributed by atoms with Crippen LogP contribution in [0.25, 0.3) is 0 Å². The summed E-state index contributed by atoms with van der Waals surface area (Å²) in [5.41, 5.74) is 0.384. The van der Waals surface area contributed by atoms with E-state index in [0.29, 0.717) is 17.2 Å². The van der Waals surface area contributed by atoms with Crippen molar-refractivity contribution in [3.05, 3.63) is 24.3 Å². The minimum Gasteiger partial charge on any atom is -0.497 e. The van der Waals surface area contributed by atoms with Gasteiger partial charge in [-0.05, 0) is 92.9 Å². The van der Waals surface area contributed by atoms with Gasteiger partial charge in [0.25, 0.3) is 0 Å². The topological polar surface area (TPSA) is 38.3 Å². The van der Waals surface area contributed by atoms with Crippen LogP contribution in [0, 0.1) is 23.2 Å². The fraction of sp³-hybridized carbons (Fsp3) is 0.667. The predicted octanol–water partition coefficient (Wildman–Crippen LogP) is 4.51. The van der Waals surface area contributed by atoms with Gasteiger partial charge in [-0.1, -0.05) is 0 Å². The lowest BCUT2D eigenvalue weighted by atomic mass is 9.48. The van der Waals surface area contributed by atoms with Gasteiger partial charge in [-0.15, -0.1) is 11.8 Å². The smallest absolute Gasteiger partial charge is 0.230 e. The lowest BCUT2D eigenvalue weighted by molar-refractivity contribution is -0.123. The van der Waals surface area contributed by atoms with E-state index in [-0.39, 0.29) is 5.91 Å². The van der Waals surface area contributed by atoms with Crippen molar-refractivity contribution in [3.63, 3.8) is 0 Å². The van der Waals surface area contributed by atoms with Crippen molar-refractivity contribution in [2.24, 2.45) is 23.2 Å². The van der Waals surface area contributed by atoms with Crippen LogP contribution < -0.4 is 10.1 Å². The molecule has 1 atom stereocenters. The minimum absolute atomic E-state index is 0.170. The number of rotatable bonds is 6. The third-order valence-corrected chi connectivity index (χ3v) is 7.82. The van der Waals surface area contributed by atoms with E-state index < -0.39 is 0 Å². The Balaban J connectivity index is 1.31. The summed E-state index contributed by atoms with van der Waals surface area (Å²) in [5, 5.41) is 3.35. The molecular weight excluding hydrogens is 330 g/mol. The maximum Gasteiger partial charge on any atom is 0.230 e. The summed E-state index contributed by atoms with van der Waals surface area (Å²) >= 11 is 1.60. The van der Waals surface area contributed by atoms with Crippen LogP contribution in [0.15, 0.2) is 29.2 Å². The molecular formula is C21H29NO2S. The van der Waals surface area contributed by atoms with Crippen molar-refractivity contribution >= 4 is 17.7 Å². The number of ether oxygens (including phenoxy) is 1. The van der Waals surface area contributed by atoms with Crippen molar-refractivity contribution in [2.75, 3.05) is 12.9 Å². The summed E-state index contributed by atoms with van der Waals surface area (Å²) in [7, 11) is 1.67. The van der Waals surface area contributed by atoms with Crippen LogP contribution in [0.1, 0.15) is 45.4 Å². The van der Waals surface area contributed by atoms with Crippen LogP contribution in [-0.2, 0) is 4.79 Å². The predicted molar refractivity (Wildman–Crippen MR) is 102 cm³/mol. The average Bonchev–Trinajstić information content (AvgIpc) is 2.59. The Bertz CT molecular complexity index is 592. The largest absolute Gasteiger partial charge is 0.497 e. The van der Waals surface area contributed by atoms with Crippen LogP contribution in [-0.4, -0.2) is 24.8 Å². The number of amides is 1.